The highest BCUT2D eigenvalue weighted by atomic mass is 35.5. The molecule has 0 spiro atoms. The van der Waals surface area contributed by atoms with E-state index in [-0.39, 0.29) is 6.10 Å². The van der Waals surface area contributed by atoms with Gasteiger partial charge in [0.2, 0.25) is 5.82 Å². The van der Waals surface area contributed by atoms with Crippen LogP contribution in [0.15, 0.2) is 41.1 Å². The van der Waals surface area contributed by atoms with Gasteiger partial charge >= 0.3 is 0 Å². The molecular weight excluding hydrogens is 328 g/mol. The van der Waals surface area contributed by atoms with Crippen molar-refractivity contribution in [3.63, 3.8) is 0 Å². The molecule has 24 heavy (non-hydrogen) atoms. The molecule has 2 heterocycles. The average molecular weight is 345 g/mol. The maximum atomic E-state index is 6.26. The topological polar surface area (TPSA) is 73.1 Å². The van der Waals surface area contributed by atoms with Gasteiger partial charge in [-0.2, -0.15) is 4.98 Å². The number of benzene rings is 1. The molecule has 0 aliphatic heterocycles. The summed E-state index contributed by atoms with van der Waals surface area (Å²) in [5, 5.41) is 7.54. The minimum Gasteiger partial charge on any atom is -0.489 e. The van der Waals surface area contributed by atoms with Crippen LogP contribution >= 0.6 is 11.6 Å². The number of nitrogens with one attached hydrogen (secondary N) is 1. The number of aromatic nitrogens is 3. The second-order valence-electron chi connectivity index (χ2n) is 5.38. The normalized spacial score (nSPS) is 10.9. The summed E-state index contributed by atoms with van der Waals surface area (Å²) in [6.45, 7) is 3.89. The minimum atomic E-state index is 0.0499. The van der Waals surface area contributed by atoms with Gasteiger partial charge in [-0.15, -0.1) is 0 Å². The molecule has 0 saturated carbocycles. The third-order valence-corrected chi connectivity index (χ3v) is 3.55. The summed E-state index contributed by atoms with van der Waals surface area (Å²) in [6, 6.07) is 9.08. The van der Waals surface area contributed by atoms with Gasteiger partial charge in [-0.05, 0) is 44.2 Å². The second kappa shape index (κ2) is 6.88. The SMILES string of the molecule is CNc1ncccc1-c1noc(-c2ccc(OC(C)C)c(Cl)c2)n1. The van der Waals surface area contributed by atoms with Gasteiger partial charge in [0, 0.05) is 18.8 Å². The Kier molecular flexibility index (Phi) is 4.66. The molecule has 6 nitrogen and oxygen atoms in total. The van der Waals surface area contributed by atoms with Crippen LogP contribution in [-0.2, 0) is 0 Å². The molecule has 3 rings (SSSR count). The van der Waals surface area contributed by atoms with E-state index in [0.717, 1.165) is 11.1 Å². The van der Waals surface area contributed by atoms with Gasteiger partial charge in [0.1, 0.15) is 11.6 Å². The van der Waals surface area contributed by atoms with E-state index in [9.17, 15) is 0 Å². The lowest BCUT2D eigenvalue weighted by molar-refractivity contribution is 0.242. The van der Waals surface area contributed by atoms with Gasteiger partial charge in [-0.3, -0.25) is 0 Å². The van der Waals surface area contributed by atoms with Crippen molar-refractivity contribution in [3.8, 4) is 28.6 Å². The minimum absolute atomic E-state index is 0.0499. The van der Waals surface area contributed by atoms with Crippen molar-refractivity contribution >= 4 is 17.4 Å². The van der Waals surface area contributed by atoms with Crippen molar-refractivity contribution in [2.24, 2.45) is 0 Å². The van der Waals surface area contributed by atoms with Crippen molar-refractivity contribution in [1.29, 1.82) is 0 Å². The first kappa shape index (κ1) is 16.3. The maximum Gasteiger partial charge on any atom is 0.258 e. The number of halogens is 1. The molecule has 1 aromatic carbocycles. The Labute approximate surface area is 144 Å². The van der Waals surface area contributed by atoms with Crippen LogP contribution in [0.2, 0.25) is 5.02 Å². The van der Waals surface area contributed by atoms with Gasteiger partial charge in [-0.25, -0.2) is 4.98 Å². The zero-order chi connectivity index (χ0) is 17.1. The Hall–Kier alpha value is -2.60. The molecular formula is C17H17ClN4O2. The number of anilines is 1. The Morgan fingerprint density at radius 1 is 1.25 bits per heavy atom. The van der Waals surface area contributed by atoms with E-state index >= 15 is 0 Å². The van der Waals surface area contributed by atoms with Crippen LogP contribution in [0.5, 0.6) is 5.75 Å². The lowest BCUT2D eigenvalue weighted by Crippen LogP contribution is -2.05. The third-order valence-electron chi connectivity index (χ3n) is 3.25. The Morgan fingerprint density at radius 2 is 2.08 bits per heavy atom. The molecule has 0 atom stereocenters. The van der Waals surface area contributed by atoms with Crippen LogP contribution < -0.4 is 10.1 Å². The van der Waals surface area contributed by atoms with Crippen molar-refractivity contribution in [3.05, 3.63) is 41.6 Å². The number of ether oxygens (including phenoxy) is 1. The molecule has 2 aromatic heterocycles. The first-order valence-electron chi connectivity index (χ1n) is 7.52. The summed E-state index contributed by atoms with van der Waals surface area (Å²) in [5.41, 5.74) is 1.49. The van der Waals surface area contributed by atoms with E-state index < -0.39 is 0 Å². The summed E-state index contributed by atoms with van der Waals surface area (Å²) in [7, 11) is 1.79. The number of nitrogens with zero attached hydrogens (tertiary/aromatic N) is 3. The largest absolute Gasteiger partial charge is 0.489 e. The third kappa shape index (κ3) is 3.33. The van der Waals surface area contributed by atoms with E-state index in [0.29, 0.717) is 28.3 Å². The molecule has 0 bridgehead atoms. The molecule has 7 heteroatoms. The van der Waals surface area contributed by atoms with Gasteiger partial charge in [-0.1, -0.05) is 16.8 Å². The van der Waals surface area contributed by atoms with E-state index in [4.69, 9.17) is 20.9 Å². The molecule has 0 fully saturated rings. The fourth-order valence-electron chi connectivity index (χ4n) is 2.22. The fraction of sp³-hybridized carbons (Fsp3) is 0.235. The van der Waals surface area contributed by atoms with Crippen molar-refractivity contribution in [2.45, 2.75) is 20.0 Å². The van der Waals surface area contributed by atoms with Crippen LogP contribution in [0.4, 0.5) is 5.82 Å². The van der Waals surface area contributed by atoms with Gasteiger partial charge in [0.25, 0.3) is 5.89 Å². The highest BCUT2D eigenvalue weighted by molar-refractivity contribution is 6.32. The van der Waals surface area contributed by atoms with Gasteiger partial charge < -0.3 is 14.6 Å². The molecule has 3 aromatic rings. The molecule has 124 valence electrons. The summed E-state index contributed by atoms with van der Waals surface area (Å²) >= 11 is 6.26. The predicted octanol–water partition coefficient (Wildman–Crippen LogP) is 4.28. The summed E-state index contributed by atoms with van der Waals surface area (Å²) in [6.07, 6.45) is 1.75. The van der Waals surface area contributed by atoms with E-state index in [1.165, 1.54) is 0 Å². The van der Waals surface area contributed by atoms with E-state index in [1.807, 2.05) is 32.0 Å². The molecule has 0 aliphatic carbocycles. The van der Waals surface area contributed by atoms with Crippen LogP contribution in [0.1, 0.15) is 13.8 Å². The van der Waals surface area contributed by atoms with Crippen LogP contribution in [0.25, 0.3) is 22.8 Å². The Bertz CT molecular complexity index is 848. The fourth-order valence-corrected chi connectivity index (χ4v) is 2.44. The molecule has 0 saturated heterocycles. The first-order chi connectivity index (χ1) is 11.6. The highest BCUT2D eigenvalue weighted by Gasteiger charge is 2.15. The van der Waals surface area contributed by atoms with Crippen molar-refractivity contribution in [1.82, 2.24) is 15.1 Å². The molecule has 0 amide bonds. The number of pyridine rings is 1. The monoisotopic (exact) mass is 344 g/mol. The van der Waals surface area contributed by atoms with Gasteiger partial charge in [0.05, 0.1) is 16.7 Å². The maximum absolute atomic E-state index is 6.26. The highest BCUT2D eigenvalue weighted by Crippen LogP contribution is 2.32. The molecule has 0 radical (unpaired) electrons. The van der Waals surface area contributed by atoms with Crippen LogP contribution in [-0.4, -0.2) is 28.3 Å². The molecule has 0 unspecified atom stereocenters. The number of hydrogen-bond donors (Lipinski definition) is 1. The zero-order valence-corrected chi connectivity index (χ0v) is 14.3. The quantitative estimate of drug-likeness (QED) is 0.744. The second-order valence-corrected chi connectivity index (χ2v) is 5.79. The lowest BCUT2D eigenvalue weighted by atomic mass is 10.2. The van der Waals surface area contributed by atoms with Crippen LogP contribution in [0, 0.1) is 0 Å². The van der Waals surface area contributed by atoms with E-state index in [1.54, 1.807) is 25.4 Å². The Morgan fingerprint density at radius 3 is 2.79 bits per heavy atom. The van der Waals surface area contributed by atoms with Gasteiger partial charge in [0.15, 0.2) is 0 Å². The Balaban J connectivity index is 1.92. The van der Waals surface area contributed by atoms with Crippen molar-refractivity contribution < 1.29 is 9.26 Å². The summed E-state index contributed by atoms with van der Waals surface area (Å²) in [5.74, 6) is 2.15. The zero-order valence-electron chi connectivity index (χ0n) is 13.6. The van der Waals surface area contributed by atoms with Crippen LogP contribution in [0.3, 0.4) is 0 Å². The first-order valence-corrected chi connectivity index (χ1v) is 7.89. The number of rotatable bonds is 5. The lowest BCUT2D eigenvalue weighted by Gasteiger charge is -2.11. The average Bonchev–Trinajstić information content (AvgIpc) is 3.06. The summed E-state index contributed by atoms with van der Waals surface area (Å²) in [4.78, 5) is 8.67. The standard InChI is InChI=1S/C17H17ClN4O2/c1-10(2)23-14-7-6-11(9-13(14)18)17-21-16(22-24-17)12-5-4-8-20-15(12)19-3/h4-10H,1-3H3,(H,19,20). The smallest absolute Gasteiger partial charge is 0.258 e. The molecule has 1 N–H and O–H groups in total. The van der Waals surface area contributed by atoms with E-state index in [2.05, 4.69) is 20.4 Å². The summed E-state index contributed by atoms with van der Waals surface area (Å²) < 4.78 is 11.0. The van der Waals surface area contributed by atoms with Crippen molar-refractivity contribution in [2.75, 3.05) is 12.4 Å². The molecule has 0 aliphatic rings. The predicted molar refractivity (Wildman–Crippen MR) is 93.3 cm³/mol. The number of hydrogen-bond acceptors (Lipinski definition) is 6.